The van der Waals surface area contributed by atoms with Gasteiger partial charge in [0.25, 0.3) is 11.5 Å². The molecule has 10 nitrogen and oxygen atoms in total. The lowest BCUT2D eigenvalue weighted by atomic mass is 10.1. The Morgan fingerprint density at radius 1 is 1.36 bits per heavy atom. The molecule has 2 atom stereocenters. The summed E-state index contributed by atoms with van der Waals surface area (Å²) in [5.41, 5.74) is -0.486. The van der Waals surface area contributed by atoms with Crippen molar-refractivity contribution in [3.8, 4) is 5.75 Å². The predicted octanol–water partition coefficient (Wildman–Crippen LogP) is 4.26. The largest absolute Gasteiger partial charge is 0.501 e. The number of aromatic nitrogens is 2. The Labute approximate surface area is 212 Å². The van der Waals surface area contributed by atoms with Crippen LogP contribution < -0.4 is 10.9 Å². The van der Waals surface area contributed by atoms with Crippen LogP contribution >= 0.6 is 0 Å². The maximum atomic E-state index is 12.7. The lowest BCUT2D eigenvalue weighted by Crippen LogP contribution is -2.41. The summed E-state index contributed by atoms with van der Waals surface area (Å²) in [6.07, 6.45) is 4.85. The molecular formula is C25H41FN4O6. The fraction of sp³-hybridized carbons (Fsp3) is 0.600. The van der Waals surface area contributed by atoms with E-state index < -0.39 is 35.0 Å². The van der Waals surface area contributed by atoms with Crippen molar-refractivity contribution >= 4 is 12.0 Å². The number of aromatic hydroxyl groups is 1. The Kier molecular flexibility index (Phi) is 15.7. The van der Waals surface area contributed by atoms with Gasteiger partial charge in [0.05, 0.1) is 12.9 Å². The quantitative estimate of drug-likeness (QED) is 0.502. The normalized spacial score (nSPS) is 15.5. The number of likely N-dealkylation sites (N-methyl/N-ethyl adjacent to an activating group) is 1. The van der Waals surface area contributed by atoms with E-state index in [1.54, 1.807) is 13.8 Å². The molecule has 2 heterocycles. The molecule has 0 aliphatic carbocycles. The molecule has 3 N–H and O–H groups in total. The zero-order valence-corrected chi connectivity index (χ0v) is 22.4. The molecule has 36 heavy (non-hydrogen) atoms. The second-order valence-corrected chi connectivity index (χ2v) is 8.57. The first-order valence-corrected chi connectivity index (χ1v) is 12.0. The maximum absolute atomic E-state index is 12.7. The first-order valence-electron chi connectivity index (χ1n) is 12.0. The second kappa shape index (κ2) is 17.3. The third-order valence-corrected chi connectivity index (χ3v) is 4.73. The molecular weight excluding hydrogens is 471 g/mol. The minimum Gasteiger partial charge on any atom is -0.501 e. The topological polar surface area (TPSA) is 134 Å². The molecule has 0 saturated heterocycles. The van der Waals surface area contributed by atoms with E-state index in [4.69, 9.17) is 4.74 Å². The molecule has 1 aliphatic rings. The number of fused-ring (bicyclic) bond motifs is 1. The Bertz CT molecular complexity index is 957. The summed E-state index contributed by atoms with van der Waals surface area (Å²) in [4.78, 5) is 41.8. The van der Waals surface area contributed by atoms with E-state index >= 15 is 0 Å². The van der Waals surface area contributed by atoms with Gasteiger partial charge in [-0.3, -0.25) is 19.1 Å². The number of halogens is 1. The molecule has 0 fully saturated rings. The molecule has 2 amide bonds. The van der Waals surface area contributed by atoms with Crippen molar-refractivity contribution in [3.05, 3.63) is 45.9 Å². The molecule has 1 aromatic heterocycles. The Morgan fingerprint density at radius 3 is 2.44 bits per heavy atom. The highest BCUT2D eigenvalue weighted by Gasteiger charge is 2.31. The Hall–Kier alpha value is -3.21. The average Bonchev–Trinajstić information content (AvgIpc) is 2.81. The van der Waals surface area contributed by atoms with E-state index in [1.165, 1.54) is 18.0 Å². The van der Waals surface area contributed by atoms with E-state index in [9.17, 15) is 29.0 Å². The minimum absolute atomic E-state index is 0.0145. The van der Waals surface area contributed by atoms with Crippen LogP contribution in [0.5, 0.6) is 5.75 Å². The molecule has 11 heteroatoms. The van der Waals surface area contributed by atoms with Crippen LogP contribution in [0.25, 0.3) is 0 Å². The molecule has 0 saturated carbocycles. The number of carbonyl (C=O) groups is 2. The van der Waals surface area contributed by atoms with E-state index in [2.05, 4.69) is 24.1 Å². The number of carbonyl (C=O) groups excluding carboxylic acids is 1. The number of ether oxygens (including phenoxy) is 1. The highest BCUT2D eigenvalue weighted by molar-refractivity contribution is 5.94. The number of hydrogen-bond donors (Lipinski definition) is 3. The second-order valence-electron chi connectivity index (χ2n) is 8.57. The number of amides is 2. The van der Waals surface area contributed by atoms with Gasteiger partial charge in [-0.25, -0.2) is 14.2 Å². The molecule has 0 aromatic carbocycles. The fourth-order valence-corrected chi connectivity index (χ4v) is 2.94. The lowest BCUT2D eigenvalue weighted by molar-refractivity contribution is 0.0508. The number of allylic oxidation sites excluding steroid dienone is 2. The summed E-state index contributed by atoms with van der Waals surface area (Å²) in [6.45, 7) is 12.2. The summed E-state index contributed by atoms with van der Waals surface area (Å²) >= 11 is 0. The molecule has 1 aromatic rings. The van der Waals surface area contributed by atoms with Gasteiger partial charge in [-0.05, 0) is 38.7 Å². The summed E-state index contributed by atoms with van der Waals surface area (Å²) in [6, 6.07) is -0.889. The van der Waals surface area contributed by atoms with Gasteiger partial charge in [0.2, 0.25) is 5.75 Å². The van der Waals surface area contributed by atoms with Crippen molar-refractivity contribution in [1.29, 1.82) is 0 Å². The van der Waals surface area contributed by atoms with Crippen LogP contribution in [-0.4, -0.2) is 63.5 Å². The minimum atomic E-state index is -1.23. The van der Waals surface area contributed by atoms with E-state index in [0.29, 0.717) is 31.5 Å². The molecule has 1 unspecified atom stereocenters. The molecule has 1 aliphatic heterocycles. The third-order valence-electron chi connectivity index (χ3n) is 4.73. The third kappa shape index (κ3) is 10.6. The van der Waals surface area contributed by atoms with Crippen molar-refractivity contribution in [2.75, 3.05) is 26.8 Å². The van der Waals surface area contributed by atoms with Crippen molar-refractivity contribution < 1.29 is 28.9 Å². The van der Waals surface area contributed by atoms with Gasteiger partial charge in [-0.15, -0.1) is 0 Å². The number of carboxylic acid groups (broad SMARTS) is 1. The van der Waals surface area contributed by atoms with Crippen molar-refractivity contribution in [2.24, 2.45) is 5.92 Å². The van der Waals surface area contributed by atoms with E-state index in [1.807, 2.05) is 26.0 Å². The predicted molar refractivity (Wildman–Crippen MR) is 137 cm³/mol. The fourth-order valence-electron chi connectivity index (χ4n) is 2.94. The maximum Gasteiger partial charge on any atom is 0.407 e. The zero-order valence-electron chi connectivity index (χ0n) is 22.4. The first kappa shape index (κ1) is 32.8. The standard InChI is InChI=1S/C18H26N4O6.C4H7F.C3H8/c1-4-6-11(2)9-19-16(24)13-14(23)17(25)22-7-5-8-28-10-12(15(22)20-13)21(3)18(26)27;1-4(2)3-5;1-3-2/h4,6,11-12,23H,5,7-10H2,1-3H3,(H,19,24)(H,26,27);3H,1-2H3;3H2,1-2H3/b6-4-;;/t11?,12-;;/m0../s1. The smallest absolute Gasteiger partial charge is 0.407 e. The van der Waals surface area contributed by atoms with E-state index in [-0.39, 0.29) is 24.9 Å². The van der Waals surface area contributed by atoms with Crippen LogP contribution in [0.15, 0.2) is 28.8 Å². The summed E-state index contributed by atoms with van der Waals surface area (Å²) in [7, 11) is 1.33. The average molecular weight is 513 g/mol. The van der Waals surface area contributed by atoms with Crippen molar-refractivity contribution in [3.63, 3.8) is 0 Å². The Morgan fingerprint density at radius 2 is 1.94 bits per heavy atom. The van der Waals surface area contributed by atoms with Gasteiger partial charge >= 0.3 is 6.09 Å². The lowest BCUT2D eigenvalue weighted by Gasteiger charge is -2.29. The van der Waals surface area contributed by atoms with Crippen LogP contribution in [-0.2, 0) is 11.3 Å². The van der Waals surface area contributed by atoms with Gasteiger partial charge < -0.3 is 20.3 Å². The number of hydrogen-bond acceptors (Lipinski definition) is 6. The molecule has 0 bridgehead atoms. The van der Waals surface area contributed by atoms with Gasteiger partial charge in [0.15, 0.2) is 5.69 Å². The SMILES string of the molecule is C/C=C\C(C)CNC(=O)c1nc2n(c(=O)c1O)CCCOC[C@@H]2N(C)C(=O)O.CC(C)=CF.CCC. The van der Waals surface area contributed by atoms with Gasteiger partial charge in [-0.1, -0.05) is 39.3 Å². The number of nitrogens with one attached hydrogen (secondary N) is 1. The van der Waals surface area contributed by atoms with Crippen LogP contribution in [0.2, 0.25) is 0 Å². The zero-order chi connectivity index (χ0) is 27.8. The van der Waals surface area contributed by atoms with Gasteiger partial charge in [0, 0.05) is 26.7 Å². The highest BCUT2D eigenvalue weighted by Crippen LogP contribution is 2.22. The van der Waals surface area contributed by atoms with Crippen molar-refractivity contribution in [2.45, 2.75) is 67.0 Å². The molecule has 0 spiro atoms. The monoisotopic (exact) mass is 512 g/mol. The van der Waals surface area contributed by atoms with Gasteiger partial charge in [0.1, 0.15) is 11.9 Å². The molecule has 2 rings (SSSR count). The van der Waals surface area contributed by atoms with Crippen LogP contribution in [0.4, 0.5) is 9.18 Å². The van der Waals surface area contributed by atoms with Crippen LogP contribution in [0.1, 0.15) is 76.7 Å². The molecule has 204 valence electrons. The number of rotatable bonds is 5. The van der Waals surface area contributed by atoms with Crippen molar-refractivity contribution in [1.82, 2.24) is 19.8 Å². The Balaban J connectivity index is 0.00000134. The first-order chi connectivity index (χ1) is 17.0. The molecule has 0 radical (unpaired) electrons. The van der Waals surface area contributed by atoms with Gasteiger partial charge in [-0.2, -0.15) is 0 Å². The summed E-state index contributed by atoms with van der Waals surface area (Å²) < 4.78 is 17.6. The van der Waals surface area contributed by atoms with Crippen LogP contribution in [0.3, 0.4) is 0 Å². The highest BCUT2D eigenvalue weighted by atomic mass is 19.1. The summed E-state index contributed by atoms with van der Waals surface area (Å²) in [5.74, 6) is -1.33. The number of nitrogens with zero attached hydrogens (tertiary/aromatic N) is 3. The van der Waals surface area contributed by atoms with Crippen LogP contribution in [0, 0.1) is 5.92 Å². The van der Waals surface area contributed by atoms with E-state index in [0.717, 1.165) is 4.90 Å². The summed E-state index contributed by atoms with van der Waals surface area (Å²) in [5, 5.41) is 22.2.